The molecule has 0 unspecified atom stereocenters. The maximum absolute atomic E-state index is 11.7. The van der Waals surface area contributed by atoms with Crippen molar-refractivity contribution in [1.82, 2.24) is 15.0 Å². The van der Waals surface area contributed by atoms with E-state index in [0.717, 1.165) is 0 Å². The molecule has 0 saturated carbocycles. The van der Waals surface area contributed by atoms with Gasteiger partial charge in [0.05, 0.1) is 5.69 Å². The fourth-order valence-corrected chi connectivity index (χ4v) is 1.90. The molecule has 2 aromatic rings. The molecule has 6 N–H and O–H groups in total. The van der Waals surface area contributed by atoms with E-state index in [1.807, 2.05) is 0 Å². The van der Waals surface area contributed by atoms with Gasteiger partial charge in [0, 0.05) is 5.56 Å². The summed E-state index contributed by atoms with van der Waals surface area (Å²) in [7, 11) is 0. The highest BCUT2D eigenvalue weighted by molar-refractivity contribution is 5.80. The van der Waals surface area contributed by atoms with E-state index in [1.54, 1.807) is 5.43 Å². The van der Waals surface area contributed by atoms with Crippen LogP contribution in [0.4, 0.5) is 5.69 Å². The number of hydrazine groups is 1. The Balaban J connectivity index is 2.30. The maximum Gasteiger partial charge on any atom is 0.329 e. The number of nitrogens with two attached hydrogens (primary N) is 1. The van der Waals surface area contributed by atoms with Crippen molar-refractivity contribution in [3.8, 4) is 17.1 Å². The molecule has 0 radical (unpaired) electrons. The number of nitro groups is 1. The minimum atomic E-state index is -1.28. The number of carbonyl (C=O) groups is 1. The first-order valence-electron chi connectivity index (χ1n) is 6.37. The number of nitrogens with zero attached hydrogens (tertiary/aromatic N) is 3. The molecule has 1 heterocycles. The van der Waals surface area contributed by atoms with Crippen LogP contribution in [0.5, 0.6) is 5.88 Å². The summed E-state index contributed by atoms with van der Waals surface area (Å²) in [4.78, 5) is 38.6. The second-order valence-corrected chi connectivity index (χ2v) is 4.52. The number of hydrogen-bond donors (Lipinski definition) is 5. The summed E-state index contributed by atoms with van der Waals surface area (Å²) in [5.41, 5.74) is 6.92. The van der Waals surface area contributed by atoms with Gasteiger partial charge in [-0.3, -0.25) is 9.36 Å². The van der Waals surface area contributed by atoms with Crippen LogP contribution in [-0.2, 0) is 11.3 Å². The molecule has 1 aromatic heterocycles. The number of aromatic hydroxyl groups is 1. The number of nitrogens with one attached hydrogen (secondary N) is 2. The van der Waals surface area contributed by atoms with Crippen molar-refractivity contribution < 1.29 is 20.0 Å². The van der Waals surface area contributed by atoms with E-state index in [-0.39, 0.29) is 11.4 Å². The van der Waals surface area contributed by atoms with Crippen molar-refractivity contribution >= 4 is 17.6 Å². The highest BCUT2D eigenvalue weighted by Gasteiger charge is 2.16. The molecule has 0 atom stereocenters. The number of carboxylic acid groups (broad SMARTS) is 1. The monoisotopic (exact) mass is 336 g/mol. The largest absolute Gasteiger partial charge is 0.493 e. The summed E-state index contributed by atoms with van der Waals surface area (Å²) < 4.78 is 0.669. The van der Waals surface area contributed by atoms with E-state index >= 15 is 0 Å². The summed E-state index contributed by atoms with van der Waals surface area (Å²) in [6.45, 7) is -0.688. The minimum absolute atomic E-state index is 0.0353. The number of carboxylic acids is 1. The normalized spacial score (nSPS) is 11.2. The first-order valence-corrected chi connectivity index (χ1v) is 6.37. The third-order valence-electron chi connectivity index (χ3n) is 2.86. The topological polar surface area (TPSA) is 189 Å². The standard InChI is InChI=1S/C12H12N6O6/c13-11(16-18(23)24)14-7-3-1-6(2-4-7)9-10(21)17(5-8(19)20)12(22)15-9/h1-4,21H,5H2,(H,15,22)(H,19,20)(H3,13,14,16). The van der Waals surface area contributed by atoms with E-state index in [9.17, 15) is 24.8 Å². The van der Waals surface area contributed by atoms with E-state index in [0.29, 0.717) is 10.1 Å². The molecule has 2 rings (SSSR count). The van der Waals surface area contributed by atoms with Gasteiger partial charge in [-0.1, -0.05) is 17.6 Å². The fourth-order valence-electron chi connectivity index (χ4n) is 1.90. The van der Waals surface area contributed by atoms with Crippen LogP contribution in [0, 0.1) is 10.1 Å². The Hall–Kier alpha value is -3.83. The van der Waals surface area contributed by atoms with Gasteiger partial charge in [-0.2, -0.15) is 0 Å². The highest BCUT2D eigenvalue weighted by Crippen LogP contribution is 2.27. The predicted octanol–water partition coefficient (Wildman–Crippen LogP) is -0.639. The van der Waals surface area contributed by atoms with Gasteiger partial charge in [0.25, 0.3) is 5.96 Å². The molecule has 0 fully saturated rings. The van der Waals surface area contributed by atoms with Gasteiger partial charge in [-0.25, -0.2) is 19.9 Å². The molecule has 24 heavy (non-hydrogen) atoms. The third-order valence-corrected chi connectivity index (χ3v) is 2.86. The molecule has 126 valence electrons. The third kappa shape index (κ3) is 3.68. The maximum atomic E-state index is 11.7. The van der Waals surface area contributed by atoms with Crippen LogP contribution >= 0.6 is 0 Å². The van der Waals surface area contributed by atoms with E-state index in [4.69, 9.17) is 10.8 Å². The van der Waals surface area contributed by atoms with Gasteiger partial charge in [0.2, 0.25) is 5.88 Å². The molecule has 0 bridgehead atoms. The SMILES string of the molecule is NC(=Nc1ccc(-c2[nH]c(=O)n(CC(=O)O)c2O)cc1)N[N+](=O)[O-]. The van der Waals surface area contributed by atoms with Crippen LogP contribution < -0.4 is 16.8 Å². The lowest BCUT2D eigenvalue weighted by Crippen LogP contribution is -2.35. The zero-order valence-electron chi connectivity index (χ0n) is 12.0. The highest BCUT2D eigenvalue weighted by atomic mass is 16.7. The zero-order chi connectivity index (χ0) is 17.9. The summed E-state index contributed by atoms with van der Waals surface area (Å²) in [6, 6.07) is 5.81. The number of aliphatic carboxylic acids is 1. The Morgan fingerprint density at radius 3 is 2.58 bits per heavy atom. The van der Waals surface area contributed by atoms with Gasteiger partial charge >= 0.3 is 11.7 Å². The number of aromatic nitrogens is 2. The zero-order valence-corrected chi connectivity index (χ0v) is 12.0. The number of aromatic amines is 1. The Kier molecular flexibility index (Phi) is 4.49. The second-order valence-electron chi connectivity index (χ2n) is 4.52. The van der Waals surface area contributed by atoms with Crippen molar-refractivity contribution in [2.45, 2.75) is 6.54 Å². The van der Waals surface area contributed by atoms with Crippen molar-refractivity contribution in [3.63, 3.8) is 0 Å². The van der Waals surface area contributed by atoms with Crippen LogP contribution in [0.2, 0.25) is 0 Å². The number of aliphatic imine (C=N–C) groups is 1. The molecule has 0 spiro atoms. The van der Waals surface area contributed by atoms with Crippen LogP contribution in [0.1, 0.15) is 0 Å². The smallest absolute Gasteiger partial charge is 0.329 e. The van der Waals surface area contributed by atoms with Crippen molar-refractivity contribution in [1.29, 1.82) is 0 Å². The molecule has 0 amide bonds. The molecule has 12 nitrogen and oxygen atoms in total. The van der Waals surface area contributed by atoms with Crippen molar-refractivity contribution in [2.75, 3.05) is 0 Å². The van der Waals surface area contributed by atoms with Gasteiger partial charge < -0.3 is 20.9 Å². The molecular weight excluding hydrogens is 324 g/mol. The number of H-pyrrole nitrogens is 1. The van der Waals surface area contributed by atoms with Crippen LogP contribution in [0.25, 0.3) is 11.3 Å². The van der Waals surface area contributed by atoms with Crippen LogP contribution in [-0.4, -0.2) is 36.7 Å². The molecule has 0 aliphatic rings. The molecule has 12 heteroatoms. The number of rotatable bonds is 5. The predicted molar refractivity (Wildman–Crippen MR) is 81.2 cm³/mol. The lowest BCUT2D eigenvalue weighted by atomic mass is 10.1. The quantitative estimate of drug-likeness (QED) is 0.206. The van der Waals surface area contributed by atoms with Crippen LogP contribution in [0.3, 0.4) is 0 Å². The molecular formula is C12H12N6O6. The van der Waals surface area contributed by atoms with Gasteiger partial charge in [0.15, 0.2) is 5.03 Å². The summed E-state index contributed by atoms with van der Waals surface area (Å²) in [5.74, 6) is -2.22. The van der Waals surface area contributed by atoms with E-state index < -0.39 is 35.1 Å². The fraction of sp³-hybridized carbons (Fsp3) is 0.0833. The van der Waals surface area contributed by atoms with Gasteiger partial charge in [-0.05, 0) is 12.1 Å². The first-order chi connectivity index (χ1) is 11.3. The Morgan fingerprint density at radius 1 is 1.42 bits per heavy atom. The van der Waals surface area contributed by atoms with Crippen molar-refractivity contribution in [2.24, 2.45) is 10.7 Å². The van der Waals surface area contributed by atoms with E-state index in [1.165, 1.54) is 24.3 Å². The lowest BCUT2D eigenvalue weighted by molar-refractivity contribution is -0.525. The number of benzene rings is 1. The Bertz CT molecular complexity index is 865. The van der Waals surface area contributed by atoms with Crippen LogP contribution in [0.15, 0.2) is 34.1 Å². The number of hydrogen-bond acceptors (Lipinski definition) is 6. The minimum Gasteiger partial charge on any atom is -0.493 e. The molecule has 0 saturated heterocycles. The summed E-state index contributed by atoms with van der Waals surface area (Å²) in [6.07, 6.45) is 0. The average Bonchev–Trinajstić information content (AvgIpc) is 2.75. The lowest BCUT2D eigenvalue weighted by Gasteiger charge is -2.02. The summed E-state index contributed by atoms with van der Waals surface area (Å²) >= 11 is 0. The average molecular weight is 336 g/mol. The Labute approximate surface area is 133 Å². The number of imidazole rings is 1. The molecule has 0 aliphatic heterocycles. The van der Waals surface area contributed by atoms with E-state index in [2.05, 4.69) is 9.98 Å². The number of guanidine groups is 1. The van der Waals surface area contributed by atoms with Gasteiger partial charge in [-0.15, -0.1) is 0 Å². The second kappa shape index (κ2) is 6.51. The first kappa shape index (κ1) is 16.5. The summed E-state index contributed by atoms with van der Waals surface area (Å²) in [5, 5.41) is 28.0. The molecule has 1 aromatic carbocycles. The van der Waals surface area contributed by atoms with Crippen molar-refractivity contribution in [3.05, 3.63) is 44.9 Å². The Morgan fingerprint density at radius 2 is 2.04 bits per heavy atom. The molecule has 0 aliphatic carbocycles. The van der Waals surface area contributed by atoms with Gasteiger partial charge in [0.1, 0.15) is 12.2 Å².